The average molecular weight is 178 g/mol. The van der Waals surface area contributed by atoms with Crippen LogP contribution in [-0.4, -0.2) is 23.4 Å². The number of nitrogens with zero attached hydrogens (tertiary/aromatic N) is 1. The van der Waals surface area contributed by atoms with Crippen LogP contribution in [0.25, 0.3) is 0 Å². The van der Waals surface area contributed by atoms with Gasteiger partial charge in [0.15, 0.2) is 0 Å². The molecule has 0 fully saturated rings. The Morgan fingerprint density at radius 2 is 1.82 bits per heavy atom. The summed E-state index contributed by atoms with van der Waals surface area (Å²) in [6.45, 7) is 8.22. The van der Waals surface area contributed by atoms with Gasteiger partial charge in [0, 0.05) is 13.1 Å². The van der Waals surface area contributed by atoms with E-state index in [1.165, 1.54) is 0 Å². The lowest BCUT2D eigenvalue weighted by Gasteiger charge is -2.33. The van der Waals surface area contributed by atoms with Gasteiger partial charge in [0.1, 0.15) is 0 Å². The number of carbonyl (C=O) groups excluding carboxylic acids is 1. The maximum Gasteiger partial charge on any atom is 0.316 e. The maximum absolute atomic E-state index is 10.7. The van der Waals surface area contributed by atoms with E-state index < -0.39 is 5.37 Å². The zero-order chi connectivity index (χ0) is 9.23. The monoisotopic (exact) mass is 177 g/mol. The number of halogens is 1. The lowest BCUT2D eigenvalue weighted by Crippen LogP contribution is -2.40. The van der Waals surface area contributed by atoms with Crippen LogP contribution < -0.4 is 0 Å². The zero-order valence-electron chi connectivity index (χ0n) is 7.81. The molecule has 66 valence electrons. The Morgan fingerprint density at radius 1 is 1.45 bits per heavy atom. The number of carbonyl (C=O) groups is 1. The molecular formula is C8H16ClNO. The lowest BCUT2D eigenvalue weighted by molar-refractivity contribution is 0.163. The Kier molecular flexibility index (Phi) is 3.36. The van der Waals surface area contributed by atoms with Crippen molar-refractivity contribution in [1.29, 1.82) is 0 Å². The third-order valence-corrected chi connectivity index (χ3v) is 2.38. The van der Waals surface area contributed by atoms with Crippen molar-refractivity contribution in [3.8, 4) is 0 Å². The van der Waals surface area contributed by atoms with Crippen LogP contribution in [0.4, 0.5) is 4.79 Å². The maximum atomic E-state index is 10.7. The summed E-state index contributed by atoms with van der Waals surface area (Å²) in [6.07, 6.45) is 0. The normalized spacial score (nSPS) is 14.4. The van der Waals surface area contributed by atoms with Gasteiger partial charge in [-0.3, -0.25) is 4.79 Å². The van der Waals surface area contributed by atoms with Crippen LogP contribution in [0.5, 0.6) is 0 Å². The van der Waals surface area contributed by atoms with Gasteiger partial charge in [-0.05, 0) is 23.9 Å². The van der Waals surface area contributed by atoms with E-state index in [1.807, 2.05) is 6.92 Å². The van der Waals surface area contributed by atoms with E-state index in [0.29, 0.717) is 0 Å². The van der Waals surface area contributed by atoms with Gasteiger partial charge in [0.25, 0.3) is 0 Å². The number of hydrogen-bond acceptors (Lipinski definition) is 1. The van der Waals surface area contributed by atoms with Crippen molar-refractivity contribution in [1.82, 2.24) is 4.90 Å². The second-order valence-electron chi connectivity index (χ2n) is 3.91. The summed E-state index contributed by atoms with van der Waals surface area (Å²) in [5, 5.41) is -0.396. The van der Waals surface area contributed by atoms with Crippen LogP contribution in [-0.2, 0) is 0 Å². The van der Waals surface area contributed by atoms with E-state index in [4.69, 9.17) is 11.6 Å². The minimum atomic E-state index is -0.396. The van der Waals surface area contributed by atoms with Gasteiger partial charge in [0.2, 0.25) is 0 Å². The SMILES string of the molecule is CC(N(C)C(=O)Cl)C(C)(C)C. The molecule has 0 spiro atoms. The minimum Gasteiger partial charge on any atom is -0.329 e. The zero-order valence-corrected chi connectivity index (χ0v) is 8.57. The van der Waals surface area contributed by atoms with Crippen molar-refractivity contribution in [2.24, 2.45) is 5.41 Å². The molecule has 0 heterocycles. The third kappa shape index (κ3) is 3.10. The first-order valence-corrected chi connectivity index (χ1v) is 4.07. The van der Waals surface area contributed by atoms with E-state index in [-0.39, 0.29) is 11.5 Å². The van der Waals surface area contributed by atoms with E-state index in [2.05, 4.69) is 20.8 Å². The molecule has 3 heteroatoms. The quantitative estimate of drug-likeness (QED) is 0.446. The Balaban J connectivity index is 4.25. The van der Waals surface area contributed by atoms with Crippen molar-refractivity contribution in [3.05, 3.63) is 0 Å². The van der Waals surface area contributed by atoms with Gasteiger partial charge in [-0.2, -0.15) is 0 Å². The molecule has 0 aliphatic rings. The molecule has 11 heavy (non-hydrogen) atoms. The van der Waals surface area contributed by atoms with Crippen LogP contribution in [0.3, 0.4) is 0 Å². The largest absolute Gasteiger partial charge is 0.329 e. The fourth-order valence-corrected chi connectivity index (χ4v) is 0.880. The molecule has 0 aromatic heterocycles. The number of amides is 1. The predicted molar refractivity (Wildman–Crippen MR) is 47.9 cm³/mol. The topological polar surface area (TPSA) is 20.3 Å². The van der Waals surface area contributed by atoms with E-state index in [9.17, 15) is 4.79 Å². The minimum absolute atomic E-state index is 0.0826. The summed E-state index contributed by atoms with van der Waals surface area (Å²) < 4.78 is 0. The van der Waals surface area contributed by atoms with Gasteiger partial charge >= 0.3 is 5.37 Å². The summed E-state index contributed by atoms with van der Waals surface area (Å²) >= 11 is 5.32. The molecule has 2 nitrogen and oxygen atoms in total. The highest BCUT2D eigenvalue weighted by Crippen LogP contribution is 2.23. The standard InChI is InChI=1S/C8H16ClNO/c1-6(8(2,3)4)10(5)7(9)11/h6H,1-5H3. The van der Waals surface area contributed by atoms with Crippen LogP contribution in [0.1, 0.15) is 27.7 Å². The average Bonchev–Trinajstić information content (AvgIpc) is 1.82. The molecule has 0 rings (SSSR count). The first-order chi connectivity index (χ1) is 4.76. The van der Waals surface area contributed by atoms with Crippen molar-refractivity contribution in [2.45, 2.75) is 33.7 Å². The molecule has 0 radical (unpaired) electrons. The first-order valence-electron chi connectivity index (χ1n) is 3.69. The van der Waals surface area contributed by atoms with E-state index in [0.717, 1.165) is 0 Å². The molecule has 0 N–H and O–H groups in total. The first kappa shape index (κ1) is 10.8. The highest BCUT2D eigenvalue weighted by molar-refractivity contribution is 6.62. The van der Waals surface area contributed by atoms with Crippen LogP contribution in [0, 0.1) is 5.41 Å². The second kappa shape index (κ2) is 3.44. The van der Waals surface area contributed by atoms with Crippen LogP contribution >= 0.6 is 11.6 Å². The number of hydrogen-bond donors (Lipinski definition) is 0. The molecule has 0 saturated heterocycles. The Labute approximate surface area is 73.5 Å². The molecule has 0 bridgehead atoms. The van der Waals surface area contributed by atoms with E-state index >= 15 is 0 Å². The summed E-state index contributed by atoms with van der Waals surface area (Å²) in [6, 6.07) is 0.160. The Morgan fingerprint density at radius 3 is 1.91 bits per heavy atom. The third-order valence-electron chi connectivity index (χ3n) is 2.11. The Hall–Kier alpha value is -0.240. The highest BCUT2D eigenvalue weighted by atomic mass is 35.5. The van der Waals surface area contributed by atoms with Gasteiger partial charge in [-0.15, -0.1) is 0 Å². The second-order valence-corrected chi connectivity index (χ2v) is 4.23. The van der Waals surface area contributed by atoms with E-state index in [1.54, 1.807) is 11.9 Å². The summed E-state index contributed by atoms with van der Waals surface area (Å²) in [5.41, 5.74) is 0.0826. The predicted octanol–water partition coefficient (Wildman–Crippen LogP) is 2.71. The summed E-state index contributed by atoms with van der Waals surface area (Å²) in [5.74, 6) is 0. The molecule has 0 aliphatic heterocycles. The number of rotatable bonds is 1. The summed E-state index contributed by atoms with van der Waals surface area (Å²) in [7, 11) is 1.71. The van der Waals surface area contributed by atoms with Gasteiger partial charge in [-0.25, -0.2) is 0 Å². The molecular weight excluding hydrogens is 162 g/mol. The molecule has 0 aliphatic carbocycles. The smallest absolute Gasteiger partial charge is 0.316 e. The van der Waals surface area contributed by atoms with Gasteiger partial charge in [-0.1, -0.05) is 20.8 Å². The molecule has 0 aromatic rings. The molecule has 1 atom stereocenters. The fraction of sp³-hybridized carbons (Fsp3) is 0.875. The van der Waals surface area contributed by atoms with Gasteiger partial charge < -0.3 is 4.90 Å². The lowest BCUT2D eigenvalue weighted by atomic mass is 9.87. The van der Waals surface area contributed by atoms with Crippen molar-refractivity contribution >= 4 is 17.0 Å². The van der Waals surface area contributed by atoms with Crippen molar-refractivity contribution in [3.63, 3.8) is 0 Å². The molecule has 1 unspecified atom stereocenters. The molecule has 1 amide bonds. The van der Waals surface area contributed by atoms with Crippen LogP contribution in [0.2, 0.25) is 0 Å². The molecule has 0 aromatic carbocycles. The highest BCUT2D eigenvalue weighted by Gasteiger charge is 2.25. The van der Waals surface area contributed by atoms with Crippen molar-refractivity contribution < 1.29 is 4.79 Å². The van der Waals surface area contributed by atoms with Crippen molar-refractivity contribution in [2.75, 3.05) is 7.05 Å². The summed E-state index contributed by atoms with van der Waals surface area (Å²) in [4.78, 5) is 12.3. The fourth-order valence-electron chi connectivity index (χ4n) is 0.733. The Bertz CT molecular complexity index is 151. The van der Waals surface area contributed by atoms with Gasteiger partial charge in [0.05, 0.1) is 0 Å². The molecule has 0 saturated carbocycles. The van der Waals surface area contributed by atoms with Crippen LogP contribution in [0.15, 0.2) is 0 Å².